The lowest BCUT2D eigenvalue weighted by molar-refractivity contribution is -0.0444. The maximum absolute atomic E-state index is 11.8. The number of nitrogens with zero attached hydrogens (tertiary/aromatic N) is 1. The first kappa shape index (κ1) is 12.9. The third kappa shape index (κ3) is 3.71. The van der Waals surface area contributed by atoms with Crippen LogP contribution in [0.4, 0.5) is 0 Å². The Morgan fingerprint density at radius 3 is 2.13 bits per heavy atom. The molecule has 0 aromatic rings. The first-order valence-electron chi connectivity index (χ1n) is 5.24. The molecule has 1 aliphatic heterocycles. The third-order valence-electron chi connectivity index (χ3n) is 2.11. The van der Waals surface area contributed by atoms with Gasteiger partial charge in [-0.1, -0.05) is 0 Å². The predicted molar refractivity (Wildman–Crippen MR) is 58.8 cm³/mol. The Hall–Kier alpha value is -0.170. The molecule has 15 heavy (non-hydrogen) atoms. The van der Waals surface area contributed by atoms with Crippen molar-refractivity contribution in [3.8, 4) is 0 Å². The van der Waals surface area contributed by atoms with Gasteiger partial charge in [0.1, 0.15) is 0 Å². The van der Waals surface area contributed by atoms with Crippen molar-refractivity contribution in [1.82, 2.24) is 9.03 Å². The molecule has 0 aliphatic carbocycles. The van der Waals surface area contributed by atoms with Crippen LogP contribution in [0.25, 0.3) is 0 Å². The van der Waals surface area contributed by atoms with Crippen LogP contribution in [0.3, 0.4) is 0 Å². The Labute approximate surface area is 92.0 Å². The van der Waals surface area contributed by atoms with E-state index in [4.69, 9.17) is 4.74 Å². The Bertz CT molecular complexity index is 292. The van der Waals surface area contributed by atoms with Gasteiger partial charge in [-0.05, 0) is 27.7 Å². The summed E-state index contributed by atoms with van der Waals surface area (Å²) in [5, 5.41) is 0. The van der Waals surface area contributed by atoms with Crippen LogP contribution in [-0.4, -0.2) is 44.1 Å². The highest BCUT2D eigenvalue weighted by molar-refractivity contribution is 7.87. The lowest BCUT2D eigenvalue weighted by Crippen LogP contribution is -2.52. The molecule has 1 rings (SSSR count). The molecular weight excluding hydrogens is 216 g/mol. The van der Waals surface area contributed by atoms with Gasteiger partial charge < -0.3 is 4.74 Å². The smallest absolute Gasteiger partial charge is 0.279 e. The van der Waals surface area contributed by atoms with Crippen LogP contribution in [0.1, 0.15) is 27.7 Å². The topological polar surface area (TPSA) is 58.6 Å². The molecular formula is C9H20N2O3S. The number of morpholine rings is 1. The normalized spacial score (nSPS) is 29.7. The zero-order valence-electron chi connectivity index (χ0n) is 9.73. The summed E-state index contributed by atoms with van der Waals surface area (Å²) in [4.78, 5) is 0. The average molecular weight is 236 g/mol. The van der Waals surface area contributed by atoms with Crippen LogP contribution < -0.4 is 4.72 Å². The van der Waals surface area contributed by atoms with E-state index in [1.807, 2.05) is 27.7 Å². The van der Waals surface area contributed by atoms with Crippen molar-refractivity contribution in [3.05, 3.63) is 0 Å². The predicted octanol–water partition coefficient (Wildman–Crippen LogP) is 0.338. The summed E-state index contributed by atoms with van der Waals surface area (Å²) in [5.74, 6) is 0. The van der Waals surface area contributed by atoms with E-state index in [2.05, 4.69) is 4.72 Å². The number of hydrogen-bond donors (Lipinski definition) is 1. The van der Waals surface area contributed by atoms with Gasteiger partial charge in [-0.3, -0.25) is 0 Å². The molecule has 1 aliphatic rings. The van der Waals surface area contributed by atoms with Gasteiger partial charge in [0, 0.05) is 19.1 Å². The zero-order chi connectivity index (χ0) is 11.6. The van der Waals surface area contributed by atoms with Crippen molar-refractivity contribution in [2.24, 2.45) is 0 Å². The van der Waals surface area contributed by atoms with Gasteiger partial charge >= 0.3 is 0 Å². The fourth-order valence-corrected chi connectivity index (χ4v) is 3.26. The first-order valence-corrected chi connectivity index (χ1v) is 6.68. The lowest BCUT2D eigenvalue weighted by Gasteiger charge is -2.34. The van der Waals surface area contributed by atoms with Crippen molar-refractivity contribution in [1.29, 1.82) is 0 Å². The van der Waals surface area contributed by atoms with Gasteiger partial charge in [0.15, 0.2) is 0 Å². The highest BCUT2D eigenvalue weighted by Gasteiger charge is 2.30. The number of rotatable bonds is 3. The Balaban J connectivity index is 2.70. The molecule has 1 heterocycles. The van der Waals surface area contributed by atoms with E-state index in [1.165, 1.54) is 4.31 Å². The van der Waals surface area contributed by atoms with Gasteiger partial charge in [-0.15, -0.1) is 0 Å². The number of ether oxygens (including phenoxy) is 1. The van der Waals surface area contributed by atoms with Gasteiger partial charge in [0.25, 0.3) is 10.2 Å². The molecule has 6 heteroatoms. The van der Waals surface area contributed by atoms with E-state index >= 15 is 0 Å². The van der Waals surface area contributed by atoms with E-state index in [-0.39, 0.29) is 18.2 Å². The van der Waals surface area contributed by atoms with Crippen LogP contribution in [-0.2, 0) is 14.9 Å². The van der Waals surface area contributed by atoms with Crippen LogP contribution in [0.5, 0.6) is 0 Å². The molecule has 0 bridgehead atoms. The number of nitrogens with one attached hydrogen (secondary N) is 1. The third-order valence-corrected chi connectivity index (χ3v) is 3.86. The summed E-state index contributed by atoms with van der Waals surface area (Å²) in [7, 11) is -3.35. The molecule has 90 valence electrons. The first-order chi connectivity index (χ1) is 6.81. The second kappa shape index (κ2) is 4.78. The van der Waals surface area contributed by atoms with E-state index < -0.39 is 10.2 Å². The molecule has 0 saturated carbocycles. The van der Waals surface area contributed by atoms with E-state index in [9.17, 15) is 8.42 Å². The van der Waals surface area contributed by atoms with Crippen molar-refractivity contribution < 1.29 is 13.2 Å². The van der Waals surface area contributed by atoms with E-state index in [1.54, 1.807) is 0 Å². The summed E-state index contributed by atoms with van der Waals surface area (Å²) in [6, 6.07) is -0.0801. The molecule has 0 aromatic heterocycles. The lowest BCUT2D eigenvalue weighted by atomic mass is 10.3. The van der Waals surface area contributed by atoms with Gasteiger partial charge in [-0.25, -0.2) is 0 Å². The zero-order valence-corrected chi connectivity index (χ0v) is 10.5. The van der Waals surface area contributed by atoms with Crippen molar-refractivity contribution in [2.45, 2.75) is 45.9 Å². The van der Waals surface area contributed by atoms with Gasteiger partial charge in [0.05, 0.1) is 12.2 Å². The van der Waals surface area contributed by atoms with E-state index in [0.29, 0.717) is 13.1 Å². The van der Waals surface area contributed by atoms with Crippen LogP contribution >= 0.6 is 0 Å². The van der Waals surface area contributed by atoms with Crippen molar-refractivity contribution >= 4 is 10.2 Å². The summed E-state index contributed by atoms with van der Waals surface area (Å²) in [6.07, 6.45) is -0.0880. The maximum atomic E-state index is 11.8. The highest BCUT2D eigenvalue weighted by Crippen LogP contribution is 2.13. The Morgan fingerprint density at radius 1 is 1.27 bits per heavy atom. The quantitative estimate of drug-likeness (QED) is 0.768. The average Bonchev–Trinajstić information content (AvgIpc) is 1.99. The summed E-state index contributed by atoms with van der Waals surface area (Å²) >= 11 is 0. The van der Waals surface area contributed by atoms with Crippen molar-refractivity contribution in [3.63, 3.8) is 0 Å². The summed E-state index contributed by atoms with van der Waals surface area (Å²) < 4.78 is 33.2. The van der Waals surface area contributed by atoms with Crippen LogP contribution in [0.2, 0.25) is 0 Å². The summed E-state index contributed by atoms with van der Waals surface area (Å²) in [6.45, 7) is 8.23. The minimum atomic E-state index is -3.35. The standard InChI is InChI=1S/C9H20N2O3S/c1-7(2)10-15(12,13)11-5-8(3)14-9(4)6-11/h7-10H,5-6H2,1-4H3. The fraction of sp³-hybridized carbons (Fsp3) is 1.00. The second-order valence-electron chi connectivity index (χ2n) is 4.35. The Kier molecular flexibility index (Phi) is 4.11. The molecule has 1 saturated heterocycles. The molecule has 2 atom stereocenters. The number of hydrogen-bond acceptors (Lipinski definition) is 3. The largest absolute Gasteiger partial charge is 0.373 e. The highest BCUT2D eigenvalue weighted by atomic mass is 32.2. The molecule has 0 spiro atoms. The van der Waals surface area contributed by atoms with Gasteiger partial charge in [0.2, 0.25) is 0 Å². The van der Waals surface area contributed by atoms with E-state index in [0.717, 1.165) is 0 Å². The van der Waals surface area contributed by atoms with Gasteiger partial charge in [-0.2, -0.15) is 17.4 Å². The monoisotopic (exact) mass is 236 g/mol. The molecule has 5 nitrogen and oxygen atoms in total. The summed E-state index contributed by atoms with van der Waals surface area (Å²) in [5.41, 5.74) is 0. The Morgan fingerprint density at radius 2 is 1.73 bits per heavy atom. The molecule has 0 aromatic carbocycles. The minimum absolute atomic E-state index is 0.0440. The maximum Gasteiger partial charge on any atom is 0.279 e. The second-order valence-corrected chi connectivity index (χ2v) is 6.05. The molecule has 0 radical (unpaired) electrons. The molecule has 1 fully saturated rings. The fourth-order valence-electron chi connectivity index (χ4n) is 1.70. The van der Waals surface area contributed by atoms with Crippen LogP contribution in [0.15, 0.2) is 0 Å². The van der Waals surface area contributed by atoms with Crippen LogP contribution in [0, 0.1) is 0 Å². The molecule has 1 N–H and O–H groups in total. The molecule has 2 unspecified atom stereocenters. The SMILES string of the molecule is CC(C)NS(=O)(=O)N1CC(C)OC(C)C1. The van der Waals surface area contributed by atoms with Crippen molar-refractivity contribution in [2.75, 3.05) is 13.1 Å². The molecule has 0 amide bonds. The minimum Gasteiger partial charge on any atom is -0.373 e.